The highest BCUT2D eigenvalue weighted by molar-refractivity contribution is 7.92. The highest BCUT2D eigenvalue weighted by Gasteiger charge is 2.34. The smallest absolute Gasteiger partial charge is 0.268 e. The number of hydrogen-bond donors (Lipinski definition) is 1. The Bertz CT molecular complexity index is 1500. The molecule has 1 atom stereocenters. The van der Waals surface area contributed by atoms with Gasteiger partial charge in [0, 0.05) is 30.9 Å². The van der Waals surface area contributed by atoms with Crippen LogP contribution >= 0.6 is 0 Å². The van der Waals surface area contributed by atoms with E-state index in [4.69, 9.17) is 0 Å². The fourth-order valence-electron chi connectivity index (χ4n) is 4.53. The lowest BCUT2D eigenvalue weighted by Gasteiger charge is -2.19. The van der Waals surface area contributed by atoms with Gasteiger partial charge in [-0.05, 0) is 72.0 Å². The van der Waals surface area contributed by atoms with Crippen LogP contribution in [0.15, 0.2) is 71.9 Å². The van der Waals surface area contributed by atoms with Crippen LogP contribution in [0.3, 0.4) is 0 Å². The van der Waals surface area contributed by atoms with E-state index in [2.05, 4.69) is 20.0 Å². The van der Waals surface area contributed by atoms with Crippen molar-refractivity contribution >= 4 is 15.8 Å². The molecule has 0 radical (unpaired) electrons. The summed E-state index contributed by atoms with van der Waals surface area (Å²) in [5, 5.41) is 11.5. The molecule has 2 aromatic carbocycles. The molecule has 0 amide bonds. The molecular formula is C24H20F3N5O2S. The van der Waals surface area contributed by atoms with E-state index in [0.29, 0.717) is 24.1 Å². The van der Waals surface area contributed by atoms with Crippen LogP contribution in [0, 0.1) is 0 Å². The topological polar surface area (TPSA) is 89.8 Å². The van der Waals surface area contributed by atoms with Crippen molar-refractivity contribution in [1.29, 1.82) is 0 Å². The predicted molar refractivity (Wildman–Crippen MR) is 123 cm³/mol. The Morgan fingerprint density at radius 2 is 1.83 bits per heavy atom. The molecular weight excluding hydrogens is 479 g/mol. The summed E-state index contributed by atoms with van der Waals surface area (Å²) in [6.45, 7) is 0. The van der Waals surface area contributed by atoms with E-state index < -0.39 is 21.8 Å². The average molecular weight is 500 g/mol. The first-order valence-electron chi connectivity index (χ1n) is 10.8. The number of sulfonamides is 1. The zero-order valence-electron chi connectivity index (χ0n) is 18.5. The number of halogens is 3. The molecule has 1 unspecified atom stereocenters. The van der Waals surface area contributed by atoms with Crippen molar-refractivity contribution in [1.82, 2.24) is 20.0 Å². The quantitative estimate of drug-likeness (QED) is 0.427. The monoisotopic (exact) mass is 499 g/mol. The summed E-state index contributed by atoms with van der Waals surface area (Å²) >= 11 is 0. The van der Waals surface area contributed by atoms with Gasteiger partial charge in [-0.1, -0.05) is 12.1 Å². The van der Waals surface area contributed by atoms with Gasteiger partial charge in [0.1, 0.15) is 0 Å². The molecule has 0 aliphatic heterocycles. The zero-order valence-corrected chi connectivity index (χ0v) is 19.3. The first-order valence-corrected chi connectivity index (χ1v) is 12.2. The van der Waals surface area contributed by atoms with Gasteiger partial charge in [-0.25, -0.2) is 8.42 Å². The van der Waals surface area contributed by atoms with Crippen molar-refractivity contribution < 1.29 is 21.6 Å². The number of nitrogens with one attached hydrogen (secondary N) is 1. The van der Waals surface area contributed by atoms with E-state index in [1.165, 1.54) is 24.4 Å². The molecule has 0 bridgehead atoms. The molecule has 180 valence electrons. The first-order chi connectivity index (χ1) is 16.6. The second kappa shape index (κ2) is 8.49. The molecule has 35 heavy (non-hydrogen) atoms. The summed E-state index contributed by atoms with van der Waals surface area (Å²) in [5.41, 5.74) is 2.78. The highest BCUT2D eigenvalue weighted by atomic mass is 32.2. The molecule has 2 heterocycles. The summed E-state index contributed by atoms with van der Waals surface area (Å²) in [6.07, 6.45) is -0.247. The third-order valence-electron chi connectivity index (χ3n) is 6.17. The summed E-state index contributed by atoms with van der Waals surface area (Å²) in [5.74, 6) is -0.0710. The molecule has 5 rings (SSSR count). The SMILES string of the molecule is Cn1nccc1-c1cc(C(F)(F)F)ccc1C1CCc2cc(S(=O)(=O)Nc3cccnn3)ccc21. The van der Waals surface area contributed by atoms with E-state index in [9.17, 15) is 21.6 Å². The molecule has 7 nitrogen and oxygen atoms in total. The average Bonchev–Trinajstić information content (AvgIpc) is 3.44. The Balaban J connectivity index is 1.53. The lowest BCUT2D eigenvalue weighted by molar-refractivity contribution is -0.137. The van der Waals surface area contributed by atoms with Crippen LogP contribution < -0.4 is 4.72 Å². The van der Waals surface area contributed by atoms with Crippen molar-refractivity contribution in [2.24, 2.45) is 7.05 Å². The molecule has 4 aromatic rings. The van der Waals surface area contributed by atoms with E-state index in [1.54, 1.807) is 42.2 Å². The molecule has 2 aromatic heterocycles. The standard InChI is InChI=1S/C24H20F3N5O2S/c1-32-22(10-12-29-32)21-14-16(24(25,26)27)5-8-20(21)19-7-4-15-13-17(6-9-18(15)19)35(33,34)31-23-3-2-11-28-30-23/h2-3,5-6,8-14,19H,4,7H2,1H3,(H,30,31). The van der Waals surface area contributed by atoms with Crippen LogP contribution in [0.4, 0.5) is 19.0 Å². The van der Waals surface area contributed by atoms with Crippen LogP contribution in [0.5, 0.6) is 0 Å². The molecule has 0 fully saturated rings. The van der Waals surface area contributed by atoms with Crippen molar-refractivity contribution in [3.05, 3.63) is 89.2 Å². The van der Waals surface area contributed by atoms with Gasteiger partial charge in [0.2, 0.25) is 0 Å². The zero-order chi connectivity index (χ0) is 24.8. The molecule has 0 saturated carbocycles. The van der Waals surface area contributed by atoms with Gasteiger partial charge < -0.3 is 0 Å². The number of alkyl halides is 3. The van der Waals surface area contributed by atoms with Gasteiger partial charge in [-0.2, -0.15) is 23.4 Å². The molecule has 11 heteroatoms. The summed E-state index contributed by atoms with van der Waals surface area (Å²) in [6, 6.07) is 13.4. The van der Waals surface area contributed by atoms with Gasteiger partial charge in [0.15, 0.2) is 5.82 Å². The minimum absolute atomic E-state index is 0.0850. The van der Waals surface area contributed by atoms with Gasteiger partial charge in [-0.3, -0.25) is 9.40 Å². The predicted octanol–water partition coefficient (Wildman–Crippen LogP) is 4.77. The molecule has 0 spiro atoms. The summed E-state index contributed by atoms with van der Waals surface area (Å²) < 4.78 is 70.1. The third kappa shape index (κ3) is 4.39. The second-order valence-corrected chi connectivity index (χ2v) is 9.99. The lowest BCUT2D eigenvalue weighted by Crippen LogP contribution is -2.14. The van der Waals surface area contributed by atoms with Gasteiger partial charge in [0.05, 0.1) is 16.2 Å². The van der Waals surface area contributed by atoms with E-state index in [-0.39, 0.29) is 16.6 Å². The van der Waals surface area contributed by atoms with Crippen molar-refractivity contribution in [3.8, 4) is 11.3 Å². The fourth-order valence-corrected chi connectivity index (χ4v) is 5.58. The highest BCUT2D eigenvalue weighted by Crippen LogP contribution is 2.44. The number of benzene rings is 2. The third-order valence-corrected chi connectivity index (χ3v) is 7.52. The Morgan fingerprint density at radius 3 is 2.51 bits per heavy atom. The van der Waals surface area contributed by atoms with Crippen LogP contribution in [-0.4, -0.2) is 28.4 Å². The Kier molecular flexibility index (Phi) is 5.59. The molecule has 1 aliphatic carbocycles. The minimum atomic E-state index is -4.47. The number of anilines is 1. The number of hydrogen-bond acceptors (Lipinski definition) is 5. The summed E-state index contributed by atoms with van der Waals surface area (Å²) in [4.78, 5) is 0.0850. The van der Waals surface area contributed by atoms with Crippen molar-refractivity contribution in [2.75, 3.05) is 4.72 Å². The number of fused-ring (bicyclic) bond motifs is 1. The van der Waals surface area contributed by atoms with Crippen LogP contribution in [-0.2, 0) is 29.7 Å². The molecule has 0 saturated heterocycles. The largest absolute Gasteiger partial charge is 0.416 e. The summed E-state index contributed by atoms with van der Waals surface area (Å²) in [7, 11) is -2.19. The van der Waals surface area contributed by atoms with Crippen LogP contribution in [0.2, 0.25) is 0 Å². The molecule has 1 N–H and O–H groups in total. The van der Waals surface area contributed by atoms with Gasteiger partial charge in [-0.15, -0.1) is 5.10 Å². The van der Waals surface area contributed by atoms with E-state index >= 15 is 0 Å². The number of rotatable bonds is 5. The maximum atomic E-state index is 13.5. The number of nitrogens with zero attached hydrogens (tertiary/aromatic N) is 4. The lowest BCUT2D eigenvalue weighted by atomic mass is 9.87. The number of aryl methyl sites for hydroxylation is 2. The van der Waals surface area contributed by atoms with E-state index in [1.807, 2.05) is 0 Å². The van der Waals surface area contributed by atoms with Gasteiger partial charge >= 0.3 is 6.18 Å². The Hall–Kier alpha value is -3.73. The van der Waals surface area contributed by atoms with Gasteiger partial charge in [0.25, 0.3) is 10.0 Å². The fraction of sp³-hybridized carbons (Fsp3) is 0.208. The maximum absolute atomic E-state index is 13.5. The van der Waals surface area contributed by atoms with Crippen LogP contribution in [0.1, 0.15) is 34.6 Å². The first kappa shape index (κ1) is 23.0. The minimum Gasteiger partial charge on any atom is -0.268 e. The Labute approximate surface area is 199 Å². The second-order valence-electron chi connectivity index (χ2n) is 8.31. The maximum Gasteiger partial charge on any atom is 0.416 e. The van der Waals surface area contributed by atoms with E-state index in [0.717, 1.165) is 28.8 Å². The van der Waals surface area contributed by atoms with Crippen molar-refractivity contribution in [2.45, 2.75) is 29.8 Å². The Morgan fingerprint density at radius 1 is 1.03 bits per heavy atom. The molecule has 1 aliphatic rings. The normalized spacial score (nSPS) is 15.7. The van der Waals surface area contributed by atoms with Crippen molar-refractivity contribution in [3.63, 3.8) is 0 Å². The number of aromatic nitrogens is 4. The van der Waals surface area contributed by atoms with Crippen LogP contribution in [0.25, 0.3) is 11.3 Å².